The van der Waals surface area contributed by atoms with Gasteiger partial charge in [-0.05, 0) is 6.26 Å². The van der Waals surface area contributed by atoms with Crippen LogP contribution >= 0.6 is 34.9 Å². The molecular weight excluding hydrogens is 370 g/mol. The molecule has 3 rings (SSSR count). The number of hydrogen-bond acceptors (Lipinski definition) is 6. The summed E-state index contributed by atoms with van der Waals surface area (Å²) in [4.78, 5) is 10.2. The summed E-state index contributed by atoms with van der Waals surface area (Å²) in [6.07, 6.45) is 5.89. The van der Waals surface area contributed by atoms with Gasteiger partial charge in [-0.1, -0.05) is 42.1 Å². The van der Waals surface area contributed by atoms with Crippen molar-refractivity contribution in [3.05, 3.63) is 47.6 Å². The molecule has 3 aromatic rings. The second-order valence-corrected chi connectivity index (χ2v) is 7.78. The highest BCUT2D eigenvalue weighted by Crippen LogP contribution is 2.29. The molecule has 0 atom stereocenters. The first-order valence-electron chi connectivity index (χ1n) is 7.64. The highest BCUT2D eigenvalue weighted by molar-refractivity contribution is 8.13. The van der Waals surface area contributed by atoms with Crippen molar-refractivity contribution in [1.82, 2.24) is 14.7 Å². The van der Waals surface area contributed by atoms with Crippen molar-refractivity contribution in [2.45, 2.75) is 5.75 Å². The fraction of sp³-hybridized carbons (Fsp3) is 0.235. The molecule has 0 saturated carbocycles. The number of nitriles is 1. The van der Waals surface area contributed by atoms with E-state index in [1.165, 1.54) is 17.5 Å². The van der Waals surface area contributed by atoms with Crippen molar-refractivity contribution < 1.29 is 0 Å². The Morgan fingerprint density at radius 2 is 2.24 bits per heavy atom. The third-order valence-electron chi connectivity index (χ3n) is 3.49. The van der Waals surface area contributed by atoms with Gasteiger partial charge in [-0.25, -0.2) is 4.98 Å². The average Bonchev–Trinajstić information content (AvgIpc) is 3.23. The van der Waals surface area contributed by atoms with Crippen LogP contribution in [-0.2, 0) is 5.75 Å². The maximum atomic E-state index is 8.65. The fourth-order valence-corrected chi connectivity index (χ4v) is 4.32. The molecule has 8 heteroatoms. The van der Waals surface area contributed by atoms with Crippen LogP contribution in [0.15, 0.2) is 46.9 Å². The predicted octanol–water partition coefficient (Wildman–Crippen LogP) is 4.09. The molecule has 1 N–H and O–H groups in total. The maximum absolute atomic E-state index is 8.65. The third kappa shape index (κ3) is 4.37. The Labute approximate surface area is 159 Å². The molecule has 0 amide bonds. The minimum Gasteiger partial charge on any atom is -0.293 e. The van der Waals surface area contributed by atoms with E-state index < -0.39 is 0 Å². The molecule has 2 heterocycles. The van der Waals surface area contributed by atoms with Gasteiger partial charge in [0.2, 0.25) is 0 Å². The molecule has 5 nitrogen and oxygen atoms in total. The number of hydrogen-bond donors (Lipinski definition) is 1. The molecule has 128 valence electrons. The topological polar surface area (TPSA) is 65.5 Å². The third-order valence-corrected chi connectivity index (χ3v) is 5.82. The molecule has 25 heavy (non-hydrogen) atoms. The Kier molecular flexibility index (Phi) is 6.39. The fourth-order valence-electron chi connectivity index (χ4n) is 2.38. The minimum absolute atomic E-state index is 0.664. The van der Waals surface area contributed by atoms with E-state index >= 15 is 0 Å². The number of rotatable bonds is 6. The van der Waals surface area contributed by atoms with Crippen LogP contribution < -0.4 is 5.32 Å². The number of thioether (sulfide) groups is 2. The lowest BCUT2D eigenvalue weighted by molar-refractivity contribution is 1.10. The zero-order valence-corrected chi connectivity index (χ0v) is 16.1. The first-order chi connectivity index (χ1) is 12.3. The normalized spacial score (nSPS) is 11.6. The van der Waals surface area contributed by atoms with E-state index in [-0.39, 0.29) is 0 Å². The van der Waals surface area contributed by atoms with Crippen LogP contribution in [0.3, 0.4) is 0 Å². The summed E-state index contributed by atoms with van der Waals surface area (Å²) < 4.78 is 2.17. The molecule has 0 spiro atoms. The van der Waals surface area contributed by atoms with Crippen molar-refractivity contribution in [2.24, 2.45) is 4.99 Å². The summed E-state index contributed by atoms with van der Waals surface area (Å²) in [7, 11) is 0. The van der Waals surface area contributed by atoms with E-state index in [1.54, 1.807) is 11.3 Å². The molecular formula is C17H17N5S3. The van der Waals surface area contributed by atoms with Gasteiger partial charge in [-0.2, -0.15) is 17.0 Å². The molecule has 0 radical (unpaired) electrons. The number of imidazole rings is 1. The standard InChI is InChI=1S/C17H17N5S3/c1-23-16(20-12-18)19-7-9-24-11-14-15(13-5-3-2-4-6-13)21-17-22(14)8-10-25-17/h2-6,8,10H,7,9,11H2,1H3,(H,19,20). The highest BCUT2D eigenvalue weighted by Gasteiger charge is 2.14. The molecule has 0 bridgehead atoms. The number of aliphatic imine (C=N–C) groups is 1. The Balaban J connectivity index is 1.69. The van der Waals surface area contributed by atoms with Crippen LogP contribution in [0.2, 0.25) is 0 Å². The molecule has 2 aromatic heterocycles. The van der Waals surface area contributed by atoms with E-state index in [0.29, 0.717) is 11.7 Å². The van der Waals surface area contributed by atoms with Crippen LogP contribution in [0.5, 0.6) is 0 Å². The number of nitrogens with one attached hydrogen (secondary N) is 1. The van der Waals surface area contributed by atoms with Gasteiger partial charge in [-0.15, -0.1) is 11.3 Å². The van der Waals surface area contributed by atoms with Crippen molar-refractivity contribution >= 4 is 45.0 Å². The summed E-state index contributed by atoms with van der Waals surface area (Å²) in [6, 6.07) is 10.3. The quantitative estimate of drug-likeness (QED) is 0.227. The number of thiazole rings is 1. The number of amidine groups is 1. The first-order valence-corrected chi connectivity index (χ1v) is 10.9. The van der Waals surface area contributed by atoms with Crippen molar-refractivity contribution in [1.29, 1.82) is 5.26 Å². The minimum atomic E-state index is 0.664. The molecule has 0 fully saturated rings. The van der Waals surface area contributed by atoms with Crippen LogP contribution in [0.1, 0.15) is 5.69 Å². The summed E-state index contributed by atoms with van der Waals surface area (Å²) in [5, 5.41) is 14.0. The zero-order valence-electron chi connectivity index (χ0n) is 13.7. The van der Waals surface area contributed by atoms with Gasteiger partial charge in [0.1, 0.15) is 0 Å². The lowest BCUT2D eigenvalue weighted by Gasteiger charge is -2.04. The van der Waals surface area contributed by atoms with Gasteiger partial charge in [0.05, 0.1) is 17.9 Å². The Morgan fingerprint density at radius 3 is 3.00 bits per heavy atom. The Bertz CT molecular complexity index is 892. The SMILES string of the molecule is CSC(=NCCSCc1c(-c2ccccc2)nc2sccn12)NC#N. The number of benzene rings is 1. The van der Waals surface area contributed by atoms with Gasteiger partial charge in [0.15, 0.2) is 16.3 Å². The van der Waals surface area contributed by atoms with Crippen LogP contribution in [0.25, 0.3) is 16.2 Å². The van der Waals surface area contributed by atoms with Gasteiger partial charge in [-0.3, -0.25) is 14.7 Å². The van der Waals surface area contributed by atoms with Gasteiger partial charge >= 0.3 is 0 Å². The highest BCUT2D eigenvalue weighted by atomic mass is 32.2. The van der Waals surface area contributed by atoms with E-state index in [2.05, 4.69) is 38.4 Å². The maximum Gasteiger partial charge on any atom is 0.194 e. The Hall–Kier alpha value is -1.95. The second-order valence-electron chi connectivity index (χ2n) is 5.01. The molecule has 0 saturated heterocycles. The zero-order chi connectivity index (χ0) is 17.5. The van der Waals surface area contributed by atoms with E-state index in [0.717, 1.165) is 27.7 Å². The van der Waals surface area contributed by atoms with Crippen molar-refractivity contribution in [2.75, 3.05) is 18.6 Å². The van der Waals surface area contributed by atoms with Crippen LogP contribution in [0, 0.1) is 11.5 Å². The molecule has 0 aliphatic rings. The second kappa shape index (κ2) is 8.94. The molecule has 0 unspecified atom stereocenters. The predicted molar refractivity (Wildman–Crippen MR) is 109 cm³/mol. The van der Waals surface area contributed by atoms with Crippen molar-refractivity contribution in [3.63, 3.8) is 0 Å². The van der Waals surface area contributed by atoms with Gasteiger partial charge in [0.25, 0.3) is 0 Å². The van der Waals surface area contributed by atoms with Gasteiger partial charge in [0, 0.05) is 28.6 Å². The van der Waals surface area contributed by atoms with E-state index in [1.807, 2.05) is 42.4 Å². The monoisotopic (exact) mass is 387 g/mol. The van der Waals surface area contributed by atoms with Gasteiger partial charge < -0.3 is 0 Å². The Morgan fingerprint density at radius 1 is 1.40 bits per heavy atom. The number of nitrogens with zero attached hydrogens (tertiary/aromatic N) is 4. The molecule has 0 aliphatic carbocycles. The summed E-state index contributed by atoms with van der Waals surface area (Å²) in [5.74, 6) is 1.76. The van der Waals surface area contributed by atoms with Crippen molar-refractivity contribution in [3.8, 4) is 17.5 Å². The first kappa shape index (κ1) is 17.9. The largest absolute Gasteiger partial charge is 0.293 e. The summed E-state index contributed by atoms with van der Waals surface area (Å²) in [5.41, 5.74) is 3.42. The van der Waals surface area contributed by atoms with Crippen LogP contribution in [0.4, 0.5) is 0 Å². The summed E-state index contributed by atoms with van der Waals surface area (Å²) in [6.45, 7) is 0.682. The van der Waals surface area contributed by atoms with E-state index in [4.69, 9.17) is 10.2 Å². The lowest BCUT2D eigenvalue weighted by Crippen LogP contribution is -2.13. The number of aromatic nitrogens is 2. The van der Waals surface area contributed by atoms with E-state index in [9.17, 15) is 0 Å². The molecule has 1 aromatic carbocycles. The summed E-state index contributed by atoms with van der Waals surface area (Å²) >= 11 is 4.92. The van der Waals surface area contributed by atoms with Crippen LogP contribution in [-0.4, -0.2) is 33.1 Å². The number of fused-ring (bicyclic) bond motifs is 1. The smallest absolute Gasteiger partial charge is 0.194 e. The molecule has 0 aliphatic heterocycles. The average molecular weight is 388 g/mol. The lowest BCUT2D eigenvalue weighted by atomic mass is 10.1.